The Kier molecular flexibility index (Phi) is 2.70. The second kappa shape index (κ2) is 3.42. The lowest BCUT2D eigenvalue weighted by atomic mass is 9.97. The lowest BCUT2D eigenvalue weighted by Crippen LogP contribution is -2.16. The molecule has 1 unspecified atom stereocenters. The van der Waals surface area contributed by atoms with Gasteiger partial charge in [-0.25, -0.2) is 0 Å². The third-order valence-corrected chi connectivity index (χ3v) is 2.30. The van der Waals surface area contributed by atoms with Crippen molar-refractivity contribution in [2.24, 2.45) is 0 Å². The molecule has 0 aliphatic carbocycles. The van der Waals surface area contributed by atoms with Gasteiger partial charge in [0.2, 0.25) is 0 Å². The van der Waals surface area contributed by atoms with Gasteiger partial charge in [-0.15, -0.1) is 0 Å². The summed E-state index contributed by atoms with van der Waals surface area (Å²) in [5.41, 5.74) is -0.101. The first kappa shape index (κ1) is 9.49. The van der Waals surface area contributed by atoms with Crippen LogP contribution in [0, 0.1) is 0 Å². The van der Waals surface area contributed by atoms with Gasteiger partial charge in [-0.3, -0.25) is 0 Å². The van der Waals surface area contributed by atoms with Crippen LogP contribution in [0.4, 0.5) is 0 Å². The van der Waals surface area contributed by atoms with Crippen LogP contribution in [0.3, 0.4) is 0 Å². The van der Waals surface area contributed by atoms with Crippen LogP contribution in [-0.4, -0.2) is 5.11 Å². The van der Waals surface area contributed by atoms with Gasteiger partial charge >= 0.3 is 0 Å². The van der Waals surface area contributed by atoms with E-state index in [1.54, 1.807) is 6.92 Å². The summed E-state index contributed by atoms with van der Waals surface area (Å²) in [4.78, 5) is 0. The Morgan fingerprint density at radius 2 is 2.25 bits per heavy atom. The maximum Gasteiger partial charge on any atom is 0.105 e. The summed E-state index contributed by atoms with van der Waals surface area (Å²) < 4.78 is 0.960. The largest absolute Gasteiger partial charge is 0.381 e. The first-order chi connectivity index (χ1) is 5.56. The minimum atomic E-state index is -0.941. The average Bonchev–Trinajstić information content (AvgIpc) is 2.05. The third kappa shape index (κ3) is 1.96. The average molecular weight is 227 g/mol. The molecule has 0 heterocycles. The van der Waals surface area contributed by atoms with Gasteiger partial charge in [-0.1, -0.05) is 40.7 Å². The molecule has 1 N–H and O–H groups in total. The molecule has 0 spiro atoms. The SMILES string of the molecule is C=CC(C)(O)c1cccc(Br)c1. The van der Waals surface area contributed by atoms with Gasteiger partial charge in [0.05, 0.1) is 0 Å². The molecule has 1 aromatic rings. The van der Waals surface area contributed by atoms with Crippen LogP contribution in [0.2, 0.25) is 0 Å². The number of benzene rings is 1. The van der Waals surface area contributed by atoms with Crippen LogP contribution in [-0.2, 0) is 5.60 Å². The van der Waals surface area contributed by atoms with Gasteiger partial charge in [0.1, 0.15) is 5.60 Å². The van der Waals surface area contributed by atoms with Crippen molar-refractivity contribution < 1.29 is 5.11 Å². The van der Waals surface area contributed by atoms with Gasteiger partial charge in [0.15, 0.2) is 0 Å². The van der Waals surface area contributed by atoms with Crippen molar-refractivity contribution >= 4 is 15.9 Å². The predicted octanol–water partition coefficient (Wildman–Crippen LogP) is 2.84. The highest BCUT2D eigenvalue weighted by molar-refractivity contribution is 9.10. The molecule has 1 nitrogen and oxygen atoms in total. The van der Waals surface area contributed by atoms with E-state index in [0.717, 1.165) is 10.0 Å². The van der Waals surface area contributed by atoms with Gasteiger partial charge in [-0.05, 0) is 24.6 Å². The zero-order valence-corrected chi connectivity index (χ0v) is 8.51. The van der Waals surface area contributed by atoms with Crippen LogP contribution in [0.15, 0.2) is 41.4 Å². The first-order valence-electron chi connectivity index (χ1n) is 3.68. The van der Waals surface area contributed by atoms with Crippen LogP contribution < -0.4 is 0 Å². The fraction of sp³-hybridized carbons (Fsp3) is 0.200. The maximum atomic E-state index is 9.78. The van der Waals surface area contributed by atoms with Crippen molar-refractivity contribution in [2.75, 3.05) is 0 Å². The second-order valence-corrected chi connectivity index (χ2v) is 3.78. The van der Waals surface area contributed by atoms with E-state index < -0.39 is 5.60 Å². The molecule has 0 bridgehead atoms. The standard InChI is InChI=1S/C10H11BrO/c1-3-10(2,12)8-5-4-6-9(11)7-8/h3-7,12H,1H2,2H3. The fourth-order valence-corrected chi connectivity index (χ4v) is 1.32. The molecule has 1 atom stereocenters. The first-order valence-corrected chi connectivity index (χ1v) is 4.47. The van der Waals surface area contributed by atoms with Crippen molar-refractivity contribution in [3.63, 3.8) is 0 Å². The molecule has 0 amide bonds. The molecule has 2 heteroatoms. The van der Waals surface area contributed by atoms with Gasteiger partial charge in [0, 0.05) is 4.47 Å². The molecule has 64 valence electrons. The van der Waals surface area contributed by atoms with Crippen LogP contribution in [0.5, 0.6) is 0 Å². The summed E-state index contributed by atoms with van der Waals surface area (Å²) in [7, 11) is 0. The highest BCUT2D eigenvalue weighted by atomic mass is 79.9. The van der Waals surface area contributed by atoms with E-state index in [1.165, 1.54) is 6.08 Å². The zero-order valence-electron chi connectivity index (χ0n) is 6.92. The highest BCUT2D eigenvalue weighted by Crippen LogP contribution is 2.23. The maximum absolute atomic E-state index is 9.78. The second-order valence-electron chi connectivity index (χ2n) is 2.86. The quantitative estimate of drug-likeness (QED) is 0.770. The van der Waals surface area contributed by atoms with Gasteiger partial charge in [-0.2, -0.15) is 0 Å². The molecular formula is C10H11BrO. The summed E-state index contributed by atoms with van der Waals surface area (Å²) in [6.07, 6.45) is 1.52. The lowest BCUT2D eigenvalue weighted by Gasteiger charge is -2.18. The van der Waals surface area contributed by atoms with E-state index >= 15 is 0 Å². The lowest BCUT2D eigenvalue weighted by molar-refractivity contribution is 0.111. The van der Waals surface area contributed by atoms with Crippen LogP contribution in [0.1, 0.15) is 12.5 Å². The molecule has 0 aliphatic rings. The Balaban J connectivity index is 3.11. The van der Waals surface area contributed by atoms with Gasteiger partial charge in [0.25, 0.3) is 0 Å². The van der Waals surface area contributed by atoms with E-state index in [1.807, 2.05) is 24.3 Å². The molecule has 1 rings (SSSR count). The molecule has 1 aromatic carbocycles. The molecule has 0 saturated carbocycles. The topological polar surface area (TPSA) is 20.2 Å². The zero-order chi connectivity index (χ0) is 9.19. The summed E-state index contributed by atoms with van der Waals surface area (Å²) >= 11 is 3.34. The number of rotatable bonds is 2. The molecule has 0 saturated heterocycles. The smallest absolute Gasteiger partial charge is 0.105 e. The van der Waals surface area contributed by atoms with E-state index in [0.29, 0.717) is 0 Å². The normalized spacial score (nSPS) is 15.2. The summed E-state index contributed by atoms with van der Waals surface area (Å²) in [6.45, 7) is 5.28. The third-order valence-electron chi connectivity index (χ3n) is 1.81. The number of halogens is 1. The van der Waals surface area contributed by atoms with E-state index in [9.17, 15) is 5.11 Å². The summed E-state index contributed by atoms with van der Waals surface area (Å²) in [5.74, 6) is 0. The summed E-state index contributed by atoms with van der Waals surface area (Å²) in [6, 6.07) is 7.55. The minimum Gasteiger partial charge on any atom is -0.381 e. The number of aliphatic hydroxyl groups is 1. The number of hydrogen-bond donors (Lipinski definition) is 1. The number of hydrogen-bond acceptors (Lipinski definition) is 1. The Hall–Kier alpha value is -0.600. The predicted molar refractivity (Wildman–Crippen MR) is 53.9 cm³/mol. The van der Waals surface area contributed by atoms with Gasteiger partial charge < -0.3 is 5.11 Å². The van der Waals surface area contributed by atoms with Crippen molar-refractivity contribution in [2.45, 2.75) is 12.5 Å². The van der Waals surface area contributed by atoms with Crippen LogP contribution in [0.25, 0.3) is 0 Å². The van der Waals surface area contributed by atoms with Crippen molar-refractivity contribution in [3.8, 4) is 0 Å². The van der Waals surface area contributed by atoms with Crippen molar-refractivity contribution in [3.05, 3.63) is 47.0 Å². The Morgan fingerprint density at radius 1 is 1.58 bits per heavy atom. The fourth-order valence-electron chi connectivity index (χ4n) is 0.921. The molecule has 12 heavy (non-hydrogen) atoms. The Labute approximate surface area is 80.9 Å². The molecule has 0 aromatic heterocycles. The van der Waals surface area contributed by atoms with E-state index in [2.05, 4.69) is 22.5 Å². The molecule has 0 radical (unpaired) electrons. The van der Waals surface area contributed by atoms with Crippen LogP contribution >= 0.6 is 15.9 Å². The Bertz CT molecular complexity index is 292. The van der Waals surface area contributed by atoms with E-state index in [-0.39, 0.29) is 0 Å². The van der Waals surface area contributed by atoms with Crippen molar-refractivity contribution in [1.29, 1.82) is 0 Å². The van der Waals surface area contributed by atoms with Crippen molar-refractivity contribution in [1.82, 2.24) is 0 Å². The van der Waals surface area contributed by atoms with E-state index in [4.69, 9.17) is 0 Å². The molecule has 0 fully saturated rings. The minimum absolute atomic E-state index is 0.840. The summed E-state index contributed by atoms with van der Waals surface area (Å²) in [5, 5.41) is 9.78. The highest BCUT2D eigenvalue weighted by Gasteiger charge is 2.17. The Morgan fingerprint density at radius 3 is 2.75 bits per heavy atom. The molecule has 0 aliphatic heterocycles. The monoisotopic (exact) mass is 226 g/mol. The molecular weight excluding hydrogens is 216 g/mol.